The normalized spacial score (nSPS) is 11.9. The number of rotatable bonds is 3. The maximum Gasteiger partial charge on any atom is 0.178 e. The van der Waals surface area contributed by atoms with Gasteiger partial charge < -0.3 is 9.55 Å². The number of sulfone groups is 1. The monoisotopic (exact) mass is 282 g/mol. The first-order valence-corrected chi connectivity index (χ1v) is 7.66. The Morgan fingerprint density at radius 2 is 2.17 bits per heavy atom. The van der Waals surface area contributed by atoms with E-state index in [1.165, 1.54) is 6.26 Å². The fourth-order valence-electron chi connectivity index (χ4n) is 1.89. The molecule has 0 saturated heterocycles. The first-order chi connectivity index (χ1) is 8.30. The highest BCUT2D eigenvalue weighted by molar-refractivity contribution is 7.91. The van der Waals surface area contributed by atoms with Crippen molar-refractivity contribution in [2.24, 2.45) is 0 Å². The van der Waals surface area contributed by atoms with Crippen LogP contribution in [0.15, 0.2) is 35.2 Å². The molecule has 0 aliphatic rings. The van der Waals surface area contributed by atoms with Crippen LogP contribution in [0.2, 0.25) is 0 Å². The minimum Gasteiger partial charge on any atom is -0.329 e. The zero-order valence-electron chi connectivity index (χ0n) is 10.2. The molecule has 0 aliphatic carbocycles. The first-order valence-electron chi connectivity index (χ1n) is 5.36. The fraction of sp³-hybridized carbons (Fsp3) is 0.250. The van der Waals surface area contributed by atoms with E-state index in [0.29, 0.717) is 16.8 Å². The number of nitrogens with zero attached hydrogens (tertiary/aromatic N) is 1. The summed E-state index contributed by atoms with van der Waals surface area (Å²) in [7, 11) is -3.27. The van der Waals surface area contributed by atoms with Crippen molar-refractivity contribution in [3.8, 4) is 0 Å². The van der Waals surface area contributed by atoms with Crippen LogP contribution < -0.4 is 0 Å². The van der Waals surface area contributed by atoms with Crippen LogP contribution in [-0.4, -0.2) is 24.2 Å². The number of aromatic nitrogens is 2. The van der Waals surface area contributed by atoms with Crippen molar-refractivity contribution in [2.45, 2.75) is 18.4 Å². The molecule has 0 spiro atoms. The van der Waals surface area contributed by atoms with Gasteiger partial charge in [0.1, 0.15) is 0 Å². The highest BCUT2D eigenvalue weighted by atomic mass is 32.2. The molecule has 1 N–H and O–H groups in total. The molecular formula is C12H14N2O2S2. The second kappa shape index (κ2) is 4.37. The Hall–Kier alpha value is -1.40. The summed E-state index contributed by atoms with van der Waals surface area (Å²) in [6.45, 7) is 6.33. The lowest BCUT2D eigenvalue weighted by molar-refractivity contribution is 0.602. The van der Waals surface area contributed by atoms with Gasteiger partial charge in [-0.25, -0.2) is 8.42 Å². The molecule has 1 aromatic carbocycles. The number of hydrogen-bond donors (Lipinski definition) is 1. The van der Waals surface area contributed by atoms with Gasteiger partial charge in [0, 0.05) is 12.8 Å². The number of allylic oxidation sites excluding steroid dienone is 1. The molecule has 0 saturated carbocycles. The van der Waals surface area contributed by atoms with Crippen LogP contribution >= 0.6 is 12.2 Å². The van der Waals surface area contributed by atoms with E-state index in [1.807, 2.05) is 17.6 Å². The number of H-pyrrole nitrogens is 1. The lowest BCUT2D eigenvalue weighted by Crippen LogP contribution is -2.00. The summed E-state index contributed by atoms with van der Waals surface area (Å²) in [6.07, 6.45) is 1.19. The number of imidazole rings is 1. The van der Waals surface area contributed by atoms with Gasteiger partial charge >= 0.3 is 0 Å². The minimum absolute atomic E-state index is 0.270. The zero-order chi connectivity index (χ0) is 13.5. The Morgan fingerprint density at radius 3 is 2.72 bits per heavy atom. The summed E-state index contributed by atoms with van der Waals surface area (Å²) in [5.74, 6) is 0. The van der Waals surface area contributed by atoms with Crippen molar-refractivity contribution in [3.05, 3.63) is 35.1 Å². The van der Waals surface area contributed by atoms with Gasteiger partial charge in [-0.1, -0.05) is 18.2 Å². The SMILES string of the molecule is C=C(C)Cn1c(=S)[nH]c2c(S(C)(=O)=O)cccc21. The maximum absolute atomic E-state index is 11.7. The summed E-state index contributed by atoms with van der Waals surface area (Å²) in [5.41, 5.74) is 2.30. The second-order valence-electron chi connectivity index (χ2n) is 4.40. The second-order valence-corrected chi connectivity index (χ2v) is 6.77. The first kappa shape index (κ1) is 13.0. The zero-order valence-corrected chi connectivity index (χ0v) is 11.9. The average molecular weight is 282 g/mol. The van der Waals surface area contributed by atoms with E-state index in [-0.39, 0.29) is 4.90 Å². The highest BCUT2D eigenvalue weighted by Gasteiger charge is 2.15. The molecule has 0 unspecified atom stereocenters. The molecule has 1 heterocycles. The number of nitrogens with one attached hydrogen (secondary N) is 1. The van der Waals surface area contributed by atoms with Crippen LogP contribution in [-0.2, 0) is 16.4 Å². The molecule has 0 atom stereocenters. The minimum atomic E-state index is -3.27. The van der Waals surface area contributed by atoms with E-state index in [1.54, 1.807) is 12.1 Å². The summed E-state index contributed by atoms with van der Waals surface area (Å²) in [5, 5.41) is 0. The summed E-state index contributed by atoms with van der Waals surface area (Å²) in [6, 6.07) is 5.14. The molecule has 96 valence electrons. The summed E-state index contributed by atoms with van der Waals surface area (Å²) >= 11 is 5.23. The van der Waals surface area contributed by atoms with E-state index in [9.17, 15) is 8.42 Å². The molecule has 0 bridgehead atoms. The van der Waals surface area contributed by atoms with Gasteiger partial charge in [-0.3, -0.25) is 0 Å². The Balaban J connectivity index is 2.83. The lowest BCUT2D eigenvalue weighted by atomic mass is 10.3. The van der Waals surface area contributed by atoms with E-state index in [4.69, 9.17) is 12.2 Å². The van der Waals surface area contributed by atoms with Gasteiger partial charge in [-0.05, 0) is 31.3 Å². The molecule has 1 aromatic heterocycles. The molecule has 2 rings (SSSR count). The smallest absolute Gasteiger partial charge is 0.178 e. The third kappa shape index (κ3) is 2.26. The van der Waals surface area contributed by atoms with E-state index >= 15 is 0 Å². The van der Waals surface area contributed by atoms with Crippen molar-refractivity contribution in [1.29, 1.82) is 0 Å². The van der Waals surface area contributed by atoms with Gasteiger partial charge in [0.15, 0.2) is 14.6 Å². The number of aromatic amines is 1. The van der Waals surface area contributed by atoms with Gasteiger partial charge in [0.05, 0.1) is 15.9 Å². The molecule has 2 aromatic rings. The molecule has 0 amide bonds. The quantitative estimate of drug-likeness (QED) is 0.695. The predicted molar refractivity (Wildman–Crippen MR) is 75.0 cm³/mol. The third-order valence-corrected chi connectivity index (χ3v) is 4.06. The van der Waals surface area contributed by atoms with Crippen LogP contribution in [0.1, 0.15) is 6.92 Å². The van der Waals surface area contributed by atoms with Crippen LogP contribution in [0.3, 0.4) is 0 Å². The Morgan fingerprint density at radius 1 is 1.50 bits per heavy atom. The predicted octanol–water partition coefficient (Wildman–Crippen LogP) is 2.68. The fourth-order valence-corrected chi connectivity index (χ4v) is 3.01. The average Bonchev–Trinajstić information content (AvgIpc) is 2.53. The Bertz CT molecular complexity index is 782. The number of fused-ring (bicyclic) bond motifs is 1. The molecule has 4 nitrogen and oxygen atoms in total. The van der Waals surface area contributed by atoms with Gasteiger partial charge in [0.2, 0.25) is 0 Å². The Kier molecular flexibility index (Phi) is 3.16. The van der Waals surface area contributed by atoms with Crippen LogP contribution in [0.4, 0.5) is 0 Å². The van der Waals surface area contributed by atoms with Gasteiger partial charge in [-0.2, -0.15) is 0 Å². The van der Waals surface area contributed by atoms with Crippen LogP contribution in [0, 0.1) is 4.77 Å². The molecule has 18 heavy (non-hydrogen) atoms. The molecule has 0 aliphatic heterocycles. The topological polar surface area (TPSA) is 54.9 Å². The standard InChI is InChI=1S/C12H14N2O2S2/c1-8(2)7-14-9-5-4-6-10(18(3,15)16)11(9)13-12(14)17/h4-6H,1,7H2,2-3H3,(H,13,17). The molecule has 0 radical (unpaired) electrons. The molecule has 6 heteroatoms. The number of para-hydroxylation sites is 1. The molecule has 0 fully saturated rings. The van der Waals surface area contributed by atoms with Gasteiger partial charge in [0.25, 0.3) is 0 Å². The van der Waals surface area contributed by atoms with Crippen LogP contribution in [0.5, 0.6) is 0 Å². The Labute approximate surface area is 111 Å². The van der Waals surface area contributed by atoms with E-state index in [2.05, 4.69) is 11.6 Å². The lowest BCUT2D eigenvalue weighted by Gasteiger charge is -2.04. The third-order valence-electron chi connectivity index (χ3n) is 2.60. The highest BCUT2D eigenvalue weighted by Crippen LogP contribution is 2.23. The number of benzene rings is 1. The number of hydrogen-bond acceptors (Lipinski definition) is 3. The van der Waals surface area contributed by atoms with Gasteiger partial charge in [-0.15, -0.1) is 0 Å². The van der Waals surface area contributed by atoms with Crippen molar-refractivity contribution < 1.29 is 8.42 Å². The van der Waals surface area contributed by atoms with Crippen molar-refractivity contribution >= 4 is 33.1 Å². The van der Waals surface area contributed by atoms with Crippen molar-refractivity contribution in [2.75, 3.05) is 6.26 Å². The van der Waals surface area contributed by atoms with Crippen molar-refractivity contribution in [1.82, 2.24) is 9.55 Å². The van der Waals surface area contributed by atoms with E-state index in [0.717, 1.165) is 11.1 Å². The van der Waals surface area contributed by atoms with Crippen molar-refractivity contribution in [3.63, 3.8) is 0 Å². The largest absolute Gasteiger partial charge is 0.329 e. The summed E-state index contributed by atoms with van der Waals surface area (Å²) < 4.78 is 25.8. The molecular weight excluding hydrogens is 268 g/mol. The summed E-state index contributed by atoms with van der Waals surface area (Å²) in [4.78, 5) is 3.24. The van der Waals surface area contributed by atoms with Crippen LogP contribution in [0.25, 0.3) is 11.0 Å². The maximum atomic E-state index is 11.7. The van der Waals surface area contributed by atoms with E-state index < -0.39 is 9.84 Å².